The first kappa shape index (κ1) is 21.5. The number of amides is 1. The number of fused-ring (bicyclic) bond motifs is 1. The summed E-state index contributed by atoms with van der Waals surface area (Å²) in [6.07, 6.45) is 1.78. The summed E-state index contributed by atoms with van der Waals surface area (Å²) in [6, 6.07) is 7.81. The van der Waals surface area contributed by atoms with Crippen LogP contribution in [0.25, 0.3) is 10.9 Å². The van der Waals surface area contributed by atoms with Crippen LogP contribution in [-0.2, 0) is 16.7 Å². The van der Waals surface area contributed by atoms with Crippen molar-refractivity contribution in [1.82, 2.24) is 9.88 Å². The first-order valence-electron chi connectivity index (χ1n) is 10.8. The lowest BCUT2D eigenvalue weighted by Crippen LogP contribution is -2.36. The van der Waals surface area contributed by atoms with E-state index >= 15 is 0 Å². The summed E-state index contributed by atoms with van der Waals surface area (Å²) in [5, 5.41) is 4.06. The molecule has 1 aliphatic rings. The molecule has 1 aromatic carbocycles. The number of carbonyl (C=O) groups is 1. The largest absolute Gasteiger partial charge is 0.465 e. The highest BCUT2D eigenvalue weighted by molar-refractivity contribution is 6.10. The van der Waals surface area contributed by atoms with E-state index < -0.39 is 0 Å². The number of benzene rings is 1. The van der Waals surface area contributed by atoms with E-state index in [2.05, 4.69) is 36.0 Å². The number of nitrogens with one attached hydrogen (secondary N) is 1. The minimum atomic E-state index is -0.203. The van der Waals surface area contributed by atoms with Gasteiger partial charge in [0.2, 0.25) is 0 Å². The van der Waals surface area contributed by atoms with E-state index in [0.29, 0.717) is 31.1 Å². The zero-order valence-corrected chi connectivity index (χ0v) is 19.0. The van der Waals surface area contributed by atoms with Gasteiger partial charge in [0.15, 0.2) is 0 Å². The Morgan fingerprint density at radius 3 is 2.61 bits per heavy atom. The maximum atomic E-state index is 13.5. The smallest absolute Gasteiger partial charge is 0.259 e. The van der Waals surface area contributed by atoms with Crippen molar-refractivity contribution < 1.29 is 13.9 Å². The maximum Gasteiger partial charge on any atom is 0.259 e. The molecule has 0 bridgehead atoms. The maximum absolute atomic E-state index is 13.5. The Hall–Kier alpha value is -2.70. The average Bonchev–Trinajstić information content (AvgIpc) is 3.07. The number of anilines is 1. The monoisotopic (exact) mass is 421 g/mol. The van der Waals surface area contributed by atoms with Crippen LogP contribution in [0.4, 0.5) is 5.69 Å². The molecular formula is C25H31N3O3. The molecule has 164 valence electrons. The number of furan rings is 1. The minimum absolute atomic E-state index is 0.144. The summed E-state index contributed by atoms with van der Waals surface area (Å²) in [5.41, 5.74) is 4.14. The van der Waals surface area contributed by atoms with E-state index in [1.165, 1.54) is 0 Å². The van der Waals surface area contributed by atoms with E-state index in [1.54, 1.807) is 6.20 Å². The Balaban J connectivity index is 1.72. The van der Waals surface area contributed by atoms with Crippen molar-refractivity contribution in [3.05, 3.63) is 58.7 Å². The second-order valence-corrected chi connectivity index (χ2v) is 9.26. The summed E-state index contributed by atoms with van der Waals surface area (Å²) in [4.78, 5) is 20.3. The molecule has 1 amide bonds. The van der Waals surface area contributed by atoms with E-state index in [0.717, 1.165) is 46.6 Å². The normalized spacial score (nSPS) is 15.4. The zero-order valence-electron chi connectivity index (χ0n) is 19.0. The molecule has 0 saturated carbocycles. The average molecular weight is 422 g/mol. The van der Waals surface area contributed by atoms with Crippen LogP contribution in [0.15, 0.2) is 34.9 Å². The summed E-state index contributed by atoms with van der Waals surface area (Å²) < 4.78 is 11.7. The Morgan fingerprint density at radius 1 is 1.16 bits per heavy atom. The molecule has 0 aliphatic carbocycles. The Morgan fingerprint density at radius 2 is 1.90 bits per heavy atom. The predicted molar refractivity (Wildman–Crippen MR) is 123 cm³/mol. The number of rotatable bonds is 4. The highest BCUT2D eigenvalue weighted by Gasteiger charge is 2.31. The fourth-order valence-electron chi connectivity index (χ4n) is 4.24. The number of ether oxygens (including phenoxy) is 1. The number of aryl methyl sites for hydroxylation is 2. The summed E-state index contributed by atoms with van der Waals surface area (Å²) in [6.45, 7) is 14.1. The van der Waals surface area contributed by atoms with E-state index in [-0.39, 0.29) is 11.3 Å². The summed E-state index contributed by atoms with van der Waals surface area (Å²) >= 11 is 0. The minimum Gasteiger partial charge on any atom is -0.465 e. The summed E-state index contributed by atoms with van der Waals surface area (Å²) in [7, 11) is 0. The standard InChI is InChI=1S/C25H31N3O3/c1-16-8-9-20(18-7-6-10-26-22(16)18)27-24(29)21-17(2)31-23(25(3,4)5)19(21)15-28-11-13-30-14-12-28/h6-10H,11-15H2,1-5H3,(H,27,29). The van der Waals surface area contributed by atoms with Gasteiger partial charge in [-0.05, 0) is 37.6 Å². The quantitative estimate of drug-likeness (QED) is 0.654. The highest BCUT2D eigenvalue weighted by atomic mass is 16.5. The van der Waals surface area contributed by atoms with Crippen molar-refractivity contribution in [3.8, 4) is 0 Å². The van der Waals surface area contributed by atoms with Gasteiger partial charge in [0.05, 0.1) is 30.0 Å². The highest BCUT2D eigenvalue weighted by Crippen LogP contribution is 2.34. The number of pyridine rings is 1. The van der Waals surface area contributed by atoms with Crippen LogP contribution in [0.5, 0.6) is 0 Å². The molecule has 3 heterocycles. The Kier molecular flexibility index (Phi) is 5.86. The molecule has 1 N–H and O–H groups in total. The van der Waals surface area contributed by atoms with Crippen molar-refractivity contribution in [1.29, 1.82) is 0 Å². The SMILES string of the molecule is Cc1oc(C(C)(C)C)c(CN2CCOCC2)c1C(=O)Nc1ccc(C)c2ncccc12. The third kappa shape index (κ3) is 4.36. The van der Waals surface area contributed by atoms with E-state index in [9.17, 15) is 4.79 Å². The topological polar surface area (TPSA) is 67.6 Å². The van der Waals surface area contributed by atoms with Crippen LogP contribution in [-0.4, -0.2) is 42.1 Å². The zero-order chi connectivity index (χ0) is 22.2. The molecule has 2 aromatic heterocycles. The molecule has 0 spiro atoms. The lowest BCUT2D eigenvalue weighted by atomic mass is 9.88. The molecule has 6 heteroatoms. The van der Waals surface area contributed by atoms with Gasteiger partial charge in [0.25, 0.3) is 5.91 Å². The molecule has 31 heavy (non-hydrogen) atoms. The van der Waals surface area contributed by atoms with Crippen LogP contribution >= 0.6 is 0 Å². The molecule has 0 radical (unpaired) electrons. The lowest BCUT2D eigenvalue weighted by molar-refractivity contribution is 0.0337. The van der Waals surface area contributed by atoms with Crippen LogP contribution < -0.4 is 5.32 Å². The first-order valence-corrected chi connectivity index (χ1v) is 10.8. The van der Waals surface area contributed by atoms with Crippen molar-refractivity contribution in [2.45, 2.75) is 46.6 Å². The third-order valence-electron chi connectivity index (χ3n) is 5.80. The van der Waals surface area contributed by atoms with Gasteiger partial charge >= 0.3 is 0 Å². The number of aromatic nitrogens is 1. The van der Waals surface area contributed by atoms with Gasteiger partial charge in [-0.3, -0.25) is 14.7 Å². The predicted octanol–water partition coefficient (Wildman–Crippen LogP) is 4.83. The Bertz CT molecular complexity index is 1110. The molecule has 1 saturated heterocycles. The van der Waals surface area contributed by atoms with Gasteiger partial charge in [0, 0.05) is 42.2 Å². The number of hydrogen-bond acceptors (Lipinski definition) is 5. The van der Waals surface area contributed by atoms with Gasteiger partial charge in [-0.25, -0.2) is 0 Å². The van der Waals surface area contributed by atoms with Crippen molar-refractivity contribution >= 4 is 22.5 Å². The molecule has 6 nitrogen and oxygen atoms in total. The van der Waals surface area contributed by atoms with Gasteiger partial charge in [-0.2, -0.15) is 0 Å². The van der Waals surface area contributed by atoms with Gasteiger partial charge in [0.1, 0.15) is 11.5 Å². The van der Waals surface area contributed by atoms with Crippen molar-refractivity contribution in [3.63, 3.8) is 0 Å². The van der Waals surface area contributed by atoms with Crippen LogP contribution in [0.3, 0.4) is 0 Å². The molecule has 1 fully saturated rings. The number of morpholine rings is 1. The van der Waals surface area contributed by atoms with Gasteiger partial charge in [-0.1, -0.05) is 26.8 Å². The number of carbonyl (C=O) groups excluding carboxylic acids is 1. The van der Waals surface area contributed by atoms with Crippen molar-refractivity contribution in [2.24, 2.45) is 0 Å². The van der Waals surface area contributed by atoms with Crippen LogP contribution in [0.1, 0.15) is 53.8 Å². The third-order valence-corrected chi connectivity index (χ3v) is 5.80. The van der Waals surface area contributed by atoms with Crippen LogP contribution in [0.2, 0.25) is 0 Å². The van der Waals surface area contributed by atoms with Crippen molar-refractivity contribution in [2.75, 3.05) is 31.6 Å². The lowest BCUT2D eigenvalue weighted by Gasteiger charge is -2.28. The first-order chi connectivity index (χ1) is 14.8. The van der Waals surface area contributed by atoms with Crippen LogP contribution in [0, 0.1) is 13.8 Å². The molecular weight excluding hydrogens is 390 g/mol. The van der Waals surface area contributed by atoms with Gasteiger partial charge in [-0.15, -0.1) is 0 Å². The molecule has 0 unspecified atom stereocenters. The summed E-state index contributed by atoms with van der Waals surface area (Å²) in [5.74, 6) is 1.38. The molecule has 0 atom stereocenters. The fraction of sp³-hybridized carbons (Fsp3) is 0.440. The fourth-order valence-corrected chi connectivity index (χ4v) is 4.24. The molecule has 1 aliphatic heterocycles. The molecule has 4 rings (SSSR count). The van der Waals surface area contributed by atoms with E-state index in [1.807, 2.05) is 38.1 Å². The second-order valence-electron chi connectivity index (χ2n) is 9.26. The number of nitrogens with zero attached hydrogens (tertiary/aromatic N) is 2. The molecule has 3 aromatic rings. The second kappa shape index (κ2) is 8.44. The Labute approximate surface area is 183 Å². The van der Waals surface area contributed by atoms with Gasteiger partial charge < -0.3 is 14.5 Å². The number of hydrogen-bond donors (Lipinski definition) is 1. The van der Waals surface area contributed by atoms with E-state index in [4.69, 9.17) is 9.15 Å².